The van der Waals surface area contributed by atoms with E-state index in [1.165, 1.54) is 5.69 Å². The van der Waals surface area contributed by atoms with Crippen molar-refractivity contribution in [3.05, 3.63) is 28.8 Å². The quantitative estimate of drug-likeness (QED) is 0.868. The number of carboxylic acids is 1. The molecule has 124 valence electrons. The van der Waals surface area contributed by atoms with Crippen LogP contribution in [0.1, 0.15) is 27.4 Å². The standard InChI is InChI=1S/C16H23N5O2/c1-19(2)8-12-13(9-20(3)4)21-6-5-11-14(15(21)18-12)10(7-17-11)16(22)23/h7,17H,5-6,8-9H2,1-4H3,(H,22,23). The molecule has 7 nitrogen and oxygen atoms in total. The molecule has 0 saturated carbocycles. The molecule has 7 heteroatoms. The minimum Gasteiger partial charge on any atom is -0.478 e. The second-order valence-electron chi connectivity index (χ2n) is 6.57. The molecule has 0 atom stereocenters. The molecule has 1 aliphatic rings. The zero-order valence-corrected chi connectivity index (χ0v) is 14.1. The predicted molar refractivity (Wildman–Crippen MR) is 87.5 cm³/mol. The van der Waals surface area contributed by atoms with Crippen molar-refractivity contribution in [3.8, 4) is 11.4 Å². The van der Waals surface area contributed by atoms with E-state index < -0.39 is 5.97 Å². The highest BCUT2D eigenvalue weighted by molar-refractivity contribution is 5.96. The maximum absolute atomic E-state index is 11.5. The average Bonchev–Trinajstić information content (AvgIpc) is 3.00. The number of carboxylic acid groups (broad SMARTS) is 1. The number of aromatic amines is 1. The predicted octanol–water partition coefficient (Wildman–Crippen LogP) is 1.26. The normalized spacial score (nSPS) is 13.5. The minimum absolute atomic E-state index is 0.304. The number of H-pyrrole nitrogens is 1. The summed E-state index contributed by atoms with van der Waals surface area (Å²) in [6, 6.07) is 0. The van der Waals surface area contributed by atoms with E-state index in [9.17, 15) is 9.90 Å². The Morgan fingerprint density at radius 3 is 2.61 bits per heavy atom. The summed E-state index contributed by atoms with van der Waals surface area (Å²) >= 11 is 0. The molecule has 0 unspecified atom stereocenters. The molecule has 0 aromatic carbocycles. The van der Waals surface area contributed by atoms with Gasteiger partial charge in [-0.1, -0.05) is 0 Å². The largest absolute Gasteiger partial charge is 0.478 e. The first-order valence-corrected chi connectivity index (χ1v) is 7.70. The molecule has 3 rings (SSSR count). The van der Waals surface area contributed by atoms with E-state index in [-0.39, 0.29) is 0 Å². The molecule has 3 heterocycles. The summed E-state index contributed by atoms with van der Waals surface area (Å²) in [6.07, 6.45) is 2.38. The Labute approximate surface area is 135 Å². The van der Waals surface area contributed by atoms with Gasteiger partial charge in [-0.25, -0.2) is 9.78 Å². The molecule has 0 amide bonds. The van der Waals surface area contributed by atoms with E-state index in [0.717, 1.165) is 48.8 Å². The van der Waals surface area contributed by atoms with Crippen LogP contribution in [0.3, 0.4) is 0 Å². The fourth-order valence-corrected chi connectivity index (χ4v) is 3.18. The van der Waals surface area contributed by atoms with Gasteiger partial charge in [0.2, 0.25) is 0 Å². The van der Waals surface area contributed by atoms with E-state index in [1.54, 1.807) is 6.20 Å². The van der Waals surface area contributed by atoms with Gasteiger partial charge in [0.1, 0.15) is 5.82 Å². The van der Waals surface area contributed by atoms with Gasteiger partial charge in [-0.2, -0.15) is 0 Å². The van der Waals surface area contributed by atoms with E-state index >= 15 is 0 Å². The summed E-state index contributed by atoms with van der Waals surface area (Å²) in [7, 11) is 8.10. The van der Waals surface area contributed by atoms with Gasteiger partial charge in [0.05, 0.1) is 22.5 Å². The van der Waals surface area contributed by atoms with E-state index in [2.05, 4.69) is 19.4 Å². The van der Waals surface area contributed by atoms with Crippen LogP contribution >= 0.6 is 0 Å². The lowest BCUT2D eigenvalue weighted by atomic mass is 10.1. The second kappa shape index (κ2) is 5.82. The molecular weight excluding hydrogens is 294 g/mol. The zero-order chi connectivity index (χ0) is 16.7. The summed E-state index contributed by atoms with van der Waals surface area (Å²) in [4.78, 5) is 23.6. The molecule has 0 fully saturated rings. The summed E-state index contributed by atoms with van der Waals surface area (Å²) < 4.78 is 2.18. The monoisotopic (exact) mass is 317 g/mol. The number of imidazole rings is 1. The fourth-order valence-electron chi connectivity index (χ4n) is 3.18. The minimum atomic E-state index is -0.915. The van der Waals surface area contributed by atoms with Crippen LogP contribution in [0.2, 0.25) is 0 Å². The number of nitrogens with one attached hydrogen (secondary N) is 1. The SMILES string of the molecule is CN(C)Cc1nc2n(c1CN(C)C)CCc1[nH]cc(C(=O)O)c1-2. The van der Waals surface area contributed by atoms with E-state index in [1.807, 2.05) is 28.2 Å². The summed E-state index contributed by atoms with van der Waals surface area (Å²) in [5, 5.41) is 9.45. The number of nitrogens with zero attached hydrogens (tertiary/aromatic N) is 4. The maximum atomic E-state index is 11.5. The number of fused-ring (bicyclic) bond motifs is 3. The van der Waals surface area contributed by atoms with Crippen LogP contribution in [0.25, 0.3) is 11.4 Å². The van der Waals surface area contributed by atoms with Gasteiger partial charge in [-0.05, 0) is 28.2 Å². The molecule has 0 radical (unpaired) electrons. The summed E-state index contributed by atoms with van der Waals surface area (Å²) in [5.74, 6) is -0.138. The fraction of sp³-hybridized carbons (Fsp3) is 0.500. The highest BCUT2D eigenvalue weighted by atomic mass is 16.4. The highest BCUT2D eigenvalue weighted by Gasteiger charge is 2.29. The number of carbonyl (C=O) groups is 1. The van der Waals surface area contributed by atoms with Gasteiger partial charge in [0.15, 0.2) is 0 Å². The highest BCUT2D eigenvalue weighted by Crippen LogP contribution is 2.34. The molecule has 2 N–H and O–H groups in total. The summed E-state index contributed by atoms with van der Waals surface area (Å²) in [6.45, 7) is 2.36. The van der Waals surface area contributed by atoms with Crippen LogP contribution < -0.4 is 0 Å². The lowest BCUT2D eigenvalue weighted by Gasteiger charge is -2.20. The van der Waals surface area contributed by atoms with Gasteiger partial charge in [0.25, 0.3) is 0 Å². The van der Waals surface area contributed by atoms with Gasteiger partial charge >= 0.3 is 5.97 Å². The number of aromatic nitrogens is 3. The Bertz CT molecular complexity index is 742. The Kier molecular flexibility index (Phi) is 3.99. The number of aromatic carboxylic acids is 1. The van der Waals surface area contributed by atoms with Crippen LogP contribution in [-0.2, 0) is 26.1 Å². The van der Waals surface area contributed by atoms with Crippen molar-refractivity contribution >= 4 is 5.97 Å². The van der Waals surface area contributed by atoms with Crippen LogP contribution in [0.15, 0.2) is 6.20 Å². The molecule has 0 bridgehead atoms. The third-order valence-corrected chi connectivity index (χ3v) is 4.09. The van der Waals surface area contributed by atoms with Crippen molar-refractivity contribution in [2.45, 2.75) is 26.1 Å². The third kappa shape index (κ3) is 2.77. The van der Waals surface area contributed by atoms with Gasteiger partial charge in [-0.15, -0.1) is 0 Å². The first-order valence-electron chi connectivity index (χ1n) is 7.70. The van der Waals surface area contributed by atoms with Crippen LogP contribution in [-0.4, -0.2) is 63.6 Å². The van der Waals surface area contributed by atoms with Crippen molar-refractivity contribution < 1.29 is 9.90 Å². The first-order chi connectivity index (χ1) is 10.9. The molecule has 2 aromatic rings. The number of aryl methyl sites for hydroxylation is 1. The Hall–Kier alpha value is -2.12. The van der Waals surface area contributed by atoms with E-state index in [4.69, 9.17) is 4.98 Å². The van der Waals surface area contributed by atoms with E-state index in [0.29, 0.717) is 5.56 Å². The first kappa shape index (κ1) is 15.8. The van der Waals surface area contributed by atoms with Crippen molar-refractivity contribution in [2.24, 2.45) is 0 Å². The molecule has 0 aliphatic carbocycles. The average molecular weight is 317 g/mol. The van der Waals surface area contributed by atoms with Crippen molar-refractivity contribution in [2.75, 3.05) is 28.2 Å². The van der Waals surface area contributed by atoms with Crippen molar-refractivity contribution in [1.82, 2.24) is 24.3 Å². The molecule has 2 aromatic heterocycles. The van der Waals surface area contributed by atoms with Crippen LogP contribution in [0, 0.1) is 0 Å². The number of hydrogen-bond acceptors (Lipinski definition) is 4. The topological polar surface area (TPSA) is 77.4 Å². The van der Waals surface area contributed by atoms with Gasteiger partial charge in [0, 0.05) is 37.9 Å². The van der Waals surface area contributed by atoms with Crippen molar-refractivity contribution in [1.29, 1.82) is 0 Å². The molecule has 0 saturated heterocycles. The molecule has 0 spiro atoms. The summed E-state index contributed by atoms with van der Waals surface area (Å²) in [5.41, 5.74) is 4.20. The van der Waals surface area contributed by atoms with Crippen LogP contribution in [0.4, 0.5) is 0 Å². The number of hydrogen-bond donors (Lipinski definition) is 2. The number of rotatable bonds is 5. The Morgan fingerprint density at radius 1 is 1.30 bits per heavy atom. The lowest BCUT2D eigenvalue weighted by Crippen LogP contribution is -2.20. The van der Waals surface area contributed by atoms with Gasteiger partial charge < -0.3 is 24.5 Å². The van der Waals surface area contributed by atoms with Crippen molar-refractivity contribution in [3.63, 3.8) is 0 Å². The maximum Gasteiger partial charge on any atom is 0.337 e. The second-order valence-corrected chi connectivity index (χ2v) is 6.57. The third-order valence-electron chi connectivity index (χ3n) is 4.09. The molecule has 23 heavy (non-hydrogen) atoms. The molecule has 1 aliphatic heterocycles. The molecular formula is C16H23N5O2. The van der Waals surface area contributed by atoms with Gasteiger partial charge in [-0.3, -0.25) is 0 Å². The smallest absolute Gasteiger partial charge is 0.337 e. The zero-order valence-electron chi connectivity index (χ0n) is 14.1. The lowest BCUT2D eigenvalue weighted by molar-refractivity contribution is 0.0697. The van der Waals surface area contributed by atoms with Crippen LogP contribution in [0.5, 0.6) is 0 Å². The Balaban J connectivity index is 2.16. The Morgan fingerprint density at radius 2 is 2.00 bits per heavy atom.